The summed E-state index contributed by atoms with van der Waals surface area (Å²) in [5, 5.41) is 5.81. The van der Waals surface area contributed by atoms with E-state index in [4.69, 9.17) is 0 Å². The lowest BCUT2D eigenvalue weighted by Gasteiger charge is -2.15. The maximum atomic E-state index is 12.3. The summed E-state index contributed by atoms with van der Waals surface area (Å²) in [6.07, 6.45) is 4.90. The molecule has 1 aromatic carbocycles. The van der Waals surface area contributed by atoms with Crippen LogP contribution in [0, 0.1) is 18.8 Å². The fourth-order valence-electron chi connectivity index (χ4n) is 2.55. The molecular weight excluding hydrogens is 392 g/mol. The Kier molecular flexibility index (Phi) is 8.73. The van der Waals surface area contributed by atoms with Gasteiger partial charge in [0.2, 0.25) is 11.8 Å². The summed E-state index contributed by atoms with van der Waals surface area (Å²) < 4.78 is 0. The van der Waals surface area contributed by atoms with Crippen LogP contribution in [0.3, 0.4) is 0 Å². The van der Waals surface area contributed by atoms with Crippen molar-refractivity contribution in [3.8, 4) is 11.8 Å². The summed E-state index contributed by atoms with van der Waals surface area (Å²) in [6.45, 7) is 2.42. The van der Waals surface area contributed by atoms with Gasteiger partial charge in [-0.15, -0.1) is 0 Å². The van der Waals surface area contributed by atoms with Crippen LogP contribution in [0.5, 0.6) is 0 Å². The molecule has 8 nitrogen and oxygen atoms in total. The zero-order valence-corrected chi connectivity index (χ0v) is 18.6. The number of nitrogens with zero attached hydrogens (tertiary/aromatic N) is 4. The Balaban J connectivity index is 2.01. The summed E-state index contributed by atoms with van der Waals surface area (Å²) in [5.74, 6) is 6.93. The van der Waals surface area contributed by atoms with Gasteiger partial charge in [0.25, 0.3) is 0 Å². The molecule has 2 N–H and O–H groups in total. The van der Waals surface area contributed by atoms with Gasteiger partial charge < -0.3 is 20.4 Å². The van der Waals surface area contributed by atoms with Crippen molar-refractivity contribution in [3.63, 3.8) is 0 Å². The van der Waals surface area contributed by atoms with Crippen molar-refractivity contribution in [1.82, 2.24) is 19.8 Å². The summed E-state index contributed by atoms with van der Waals surface area (Å²) in [5.41, 5.74) is 2.02. The predicted molar refractivity (Wildman–Crippen MR) is 123 cm³/mol. The molecule has 0 aliphatic heterocycles. The van der Waals surface area contributed by atoms with E-state index in [1.807, 2.05) is 38.1 Å². The highest BCUT2D eigenvalue weighted by Crippen LogP contribution is 2.12. The molecule has 0 aliphatic rings. The summed E-state index contributed by atoms with van der Waals surface area (Å²) in [7, 11) is 7.20. The Morgan fingerprint density at radius 3 is 2.68 bits per heavy atom. The average Bonchev–Trinajstić information content (AvgIpc) is 2.72. The second-order valence-electron chi connectivity index (χ2n) is 7.17. The lowest BCUT2D eigenvalue weighted by molar-refractivity contribution is -0.129. The highest BCUT2D eigenvalue weighted by molar-refractivity contribution is 5.96. The fourth-order valence-corrected chi connectivity index (χ4v) is 2.55. The molecule has 0 aliphatic carbocycles. The van der Waals surface area contributed by atoms with E-state index >= 15 is 0 Å². The molecule has 0 unspecified atom stereocenters. The van der Waals surface area contributed by atoms with Crippen molar-refractivity contribution in [2.75, 3.05) is 51.9 Å². The van der Waals surface area contributed by atoms with Crippen LogP contribution in [-0.4, -0.2) is 72.9 Å². The predicted octanol–water partition coefficient (Wildman–Crippen LogP) is 1.74. The molecule has 8 heteroatoms. The molecule has 0 bridgehead atoms. The number of anilines is 2. The molecular formula is C23H28N6O2. The Bertz CT molecular complexity index is 1020. The number of amides is 2. The Labute approximate surface area is 183 Å². The number of aromatic nitrogens is 2. The number of nitrogens with one attached hydrogen (secondary N) is 2. The summed E-state index contributed by atoms with van der Waals surface area (Å²) >= 11 is 0. The van der Waals surface area contributed by atoms with E-state index in [-0.39, 0.29) is 18.4 Å². The third-order valence-corrected chi connectivity index (χ3v) is 4.12. The number of hydrogen-bond donors (Lipinski definition) is 2. The average molecular weight is 421 g/mol. The van der Waals surface area contributed by atoms with Gasteiger partial charge in [0.1, 0.15) is 11.6 Å². The van der Waals surface area contributed by atoms with Crippen LogP contribution in [0.4, 0.5) is 11.5 Å². The van der Waals surface area contributed by atoms with E-state index in [2.05, 4.69) is 32.4 Å². The minimum Gasteiger partial charge on any atom is -0.372 e. The van der Waals surface area contributed by atoms with Crippen LogP contribution in [0.25, 0.3) is 0 Å². The molecule has 0 atom stereocenters. The van der Waals surface area contributed by atoms with Crippen molar-refractivity contribution < 1.29 is 9.59 Å². The first-order chi connectivity index (χ1) is 14.8. The second kappa shape index (κ2) is 11.5. The fraction of sp³-hybridized carbons (Fsp3) is 0.304. The van der Waals surface area contributed by atoms with E-state index in [1.54, 1.807) is 38.5 Å². The van der Waals surface area contributed by atoms with Crippen molar-refractivity contribution >= 4 is 23.3 Å². The Hall–Kier alpha value is -3.70. The van der Waals surface area contributed by atoms with E-state index in [0.29, 0.717) is 29.4 Å². The number of carbonyl (C=O) groups excluding carboxylic acids is 2. The molecule has 2 amide bonds. The topological polar surface area (TPSA) is 90.5 Å². The van der Waals surface area contributed by atoms with Gasteiger partial charge in [-0.1, -0.05) is 24.0 Å². The zero-order chi connectivity index (χ0) is 22.8. The number of aryl methyl sites for hydroxylation is 1. The summed E-state index contributed by atoms with van der Waals surface area (Å²) in [6, 6.07) is 7.21. The molecule has 1 aromatic heterocycles. The largest absolute Gasteiger partial charge is 0.372 e. The minimum atomic E-state index is -0.286. The van der Waals surface area contributed by atoms with Gasteiger partial charge in [-0.2, -0.15) is 0 Å². The lowest BCUT2D eigenvalue weighted by atomic mass is 10.2. The van der Waals surface area contributed by atoms with Crippen LogP contribution in [0.1, 0.15) is 17.0 Å². The molecule has 1 heterocycles. The normalized spacial score (nSPS) is 10.5. The maximum Gasteiger partial charge on any atom is 0.246 e. The zero-order valence-electron chi connectivity index (χ0n) is 18.6. The van der Waals surface area contributed by atoms with Gasteiger partial charge in [-0.3, -0.25) is 9.59 Å². The molecule has 0 spiro atoms. The van der Waals surface area contributed by atoms with E-state index in [0.717, 1.165) is 5.56 Å². The summed E-state index contributed by atoms with van der Waals surface area (Å²) in [4.78, 5) is 36.2. The molecule has 31 heavy (non-hydrogen) atoms. The van der Waals surface area contributed by atoms with E-state index in [1.165, 1.54) is 11.0 Å². The molecule has 0 saturated carbocycles. The quantitative estimate of drug-likeness (QED) is 0.524. The number of likely N-dealkylation sites (N-methyl/N-ethyl adjacent to an activating group) is 2. The number of carbonyl (C=O) groups is 2. The van der Waals surface area contributed by atoms with Gasteiger partial charge >= 0.3 is 0 Å². The minimum absolute atomic E-state index is 0.0483. The van der Waals surface area contributed by atoms with Crippen molar-refractivity contribution in [2.45, 2.75) is 6.92 Å². The smallest absolute Gasteiger partial charge is 0.246 e. The molecule has 2 rings (SSSR count). The first kappa shape index (κ1) is 23.6. The van der Waals surface area contributed by atoms with Gasteiger partial charge in [-0.25, -0.2) is 9.97 Å². The van der Waals surface area contributed by atoms with Gasteiger partial charge in [0, 0.05) is 44.2 Å². The molecule has 0 radical (unpaired) electrons. The number of rotatable bonds is 7. The van der Waals surface area contributed by atoms with E-state index < -0.39 is 0 Å². The SMILES string of the molecule is CNc1nc(C)ncc1C#Cc1cccc(NC(=O)CN(C)C(=O)/C=C/CN(C)C)c1. The monoisotopic (exact) mass is 420 g/mol. The van der Waals surface area contributed by atoms with Crippen molar-refractivity contribution in [3.05, 3.63) is 59.6 Å². The van der Waals surface area contributed by atoms with Crippen LogP contribution in [0.15, 0.2) is 42.6 Å². The Morgan fingerprint density at radius 1 is 1.19 bits per heavy atom. The first-order valence-corrected chi connectivity index (χ1v) is 9.78. The number of hydrogen-bond acceptors (Lipinski definition) is 6. The first-order valence-electron chi connectivity index (χ1n) is 9.78. The van der Waals surface area contributed by atoms with E-state index in [9.17, 15) is 9.59 Å². The molecule has 162 valence electrons. The highest BCUT2D eigenvalue weighted by atomic mass is 16.2. The van der Waals surface area contributed by atoms with Crippen LogP contribution >= 0.6 is 0 Å². The van der Waals surface area contributed by atoms with Crippen LogP contribution < -0.4 is 10.6 Å². The van der Waals surface area contributed by atoms with Crippen molar-refractivity contribution in [1.29, 1.82) is 0 Å². The molecule has 0 fully saturated rings. The maximum absolute atomic E-state index is 12.3. The molecule has 2 aromatic rings. The number of benzene rings is 1. The third kappa shape index (κ3) is 7.91. The molecule has 0 saturated heterocycles. The lowest BCUT2D eigenvalue weighted by Crippen LogP contribution is -2.34. The van der Waals surface area contributed by atoms with Crippen LogP contribution in [-0.2, 0) is 9.59 Å². The standard InChI is InChI=1S/C23H28N6O2/c1-17-25-15-19(23(24-2)26-17)12-11-18-8-6-9-20(14-18)27-21(30)16-29(5)22(31)10-7-13-28(3)4/h6-10,14-15H,13,16H2,1-5H3,(H,27,30)(H,24,25,26)/b10-7+. The highest BCUT2D eigenvalue weighted by Gasteiger charge is 2.11. The van der Waals surface area contributed by atoms with Gasteiger partial charge in [-0.05, 0) is 39.2 Å². The van der Waals surface area contributed by atoms with Gasteiger partial charge in [0.05, 0.1) is 12.1 Å². The van der Waals surface area contributed by atoms with Crippen LogP contribution in [0.2, 0.25) is 0 Å². The van der Waals surface area contributed by atoms with Gasteiger partial charge in [0.15, 0.2) is 0 Å². The second-order valence-corrected chi connectivity index (χ2v) is 7.17. The van der Waals surface area contributed by atoms with Crippen molar-refractivity contribution in [2.24, 2.45) is 0 Å². The Morgan fingerprint density at radius 2 is 1.97 bits per heavy atom. The third-order valence-electron chi connectivity index (χ3n) is 4.12.